The highest BCUT2D eigenvalue weighted by Gasteiger charge is 2.27. The van der Waals surface area contributed by atoms with Crippen molar-refractivity contribution in [1.82, 2.24) is 0 Å². The van der Waals surface area contributed by atoms with E-state index in [9.17, 15) is 14.4 Å². The molecule has 3 aliphatic heterocycles. The lowest BCUT2D eigenvalue weighted by molar-refractivity contribution is 0.00130. The molecule has 0 bridgehead atoms. The molecule has 3 saturated heterocycles. The van der Waals surface area contributed by atoms with Crippen LogP contribution in [0, 0.1) is 0 Å². The van der Waals surface area contributed by atoms with Crippen molar-refractivity contribution in [2.24, 2.45) is 0 Å². The van der Waals surface area contributed by atoms with Crippen molar-refractivity contribution in [3.05, 3.63) is 211 Å². The van der Waals surface area contributed by atoms with Gasteiger partial charge in [-0.3, -0.25) is 14.4 Å². The molecule has 3 aliphatic rings. The van der Waals surface area contributed by atoms with E-state index in [1.165, 1.54) is 16.7 Å². The zero-order valence-electron chi connectivity index (χ0n) is 37.1. The van der Waals surface area contributed by atoms with E-state index in [4.69, 9.17) is 14.2 Å². The zero-order chi connectivity index (χ0) is 46.1. The van der Waals surface area contributed by atoms with E-state index >= 15 is 0 Å². The summed E-state index contributed by atoms with van der Waals surface area (Å²) in [6.07, 6.45) is 7.68. The van der Waals surface area contributed by atoms with Gasteiger partial charge in [0, 0.05) is 67.1 Å². The Morgan fingerprint density at radius 2 is 0.591 bits per heavy atom. The molecule has 0 spiro atoms. The second-order valence-corrected chi connectivity index (χ2v) is 20.1. The number of ketones is 3. The second-order valence-electron chi connectivity index (χ2n) is 17.3. The fourth-order valence-electron chi connectivity index (χ4n) is 8.75. The van der Waals surface area contributed by atoms with Crippen LogP contribution in [0.3, 0.4) is 0 Å². The molecule has 0 N–H and O–H groups in total. The summed E-state index contributed by atoms with van der Waals surface area (Å²) in [4.78, 5) is 36.8. The van der Waals surface area contributed by atoms with Gasteiger partial charge in [0.25, 0.3) is 0 Å². The first-order valence-corrected chi connectivity index (χ1v) is 25.4. The van der Waals surface area contributed by atoms with E-state index in [0.717, 1.165) is 68.6 Å². The second kappa shape index (κ2) is 25.7. The van der Waals surface area contributed by atoms with Crippen molar-refractivity contribution in [2.75, 3.05) is 19.8 Å². The van der Waals surface area contributed by atoms with Gasteiger partial charge in [0.1, 0.15) is 0 Å². The lowest BCUT2D eigenvalue weighted by atomic mass is 9.90. The molecular weight excluding hydrogens is 1020 g/mol. The quantitative estimate of drug-likeness (QED) is 0.114. The summed E-state index contributed by atoms with van der Waals surface area (Å²) in [6.45, 7) is 2.13. The molecule has 6 nitrogen and oxygen atoms in total. The molecule has 66 heavy (non-hydrogen) atoms. The molecule has 0 aliphatic carbocycles. The van der Waals surface area contributed by atoms with Crippen LogP contribution in [0.25, 0.3) is 0 Å². The van der Waals surface area contributed by atoms with Crippen LogP contribution in [0.5, 0.6) is 0 Å². The molecule has 3 heterocycles. The van der Waals surface area contributed by atoms with E-state index in [2.05, 4.69) is 121 Å². The number of hydrogen-bond donors (Lipinski definition) is 0. The van der Waals surface area contributed by atoms with E-state index in [1.807, 2.05) is 91.0 Å². The van der Waals surface area contributed by atoms with Crippen LogP contribution in [-0.4, -0.2) is 55.5 Å². The van der Waals surface area contributed by atoms with E-state index in [0.29, 0.717) is 56.8 Å². The molecule has 6 aromatic carbocycles. The molecule has 9 rings (SSSR count). The van der Waals surface area contributed by atoms with Gasteiger partial charge < -0.3 is 14.2 Å². The summed E-state index contributed by atoms with van der Waals surface area (Å²) in [5.74, 6) is 1.86. The van der Waals surface area contributed by atoms with Gasteiger partial charge in [0.05, 0.1) is 38.1 Å². The predicted octanol–water partition coefficient (Wildman–Crippen LogP) is 15.0. The third-order valence-electron chi connectivity index (χ3n) is 12.7. The molecule has 0 unspecified atom stereocenters. The Morgan fingerprint density at radius 1 is 0.348 bits per heavy atom. The Bertz CT molecular complexity index is 2110. The van der Waals surface area contributed by atoms with Crippen molar-refractivity contribution in [2.45, 2.75) is 93.9 Å². The summed E-state index contributed by atoms with van der Waals surface area (Å²) in [5, 5.41) is 0. The van der Waals surface area contributed by atoms with Gasteiger partial charge in [-0.2, -0.15) is 0 Å². The highest BCUT2D eigenvalue weighted by Crippen LogP contribution is 2.32. The molecule has 6 atom stereocenters. The van der Waals surface area contributed by atoms with Gasteiger partial charge in [-0.05, 0) is 91.6 Å². The van der Waals surface area contributed by atoms with Crippen molar-refractivity contribution < 1.29 is 28.6 Å². The minimum Gasteiger partial charge on any atom is -0.377 e. The number of carbonyl (C=O) groups excluding carboxylic acids is 3. The van der Waals surface area contributed by atoms with Gasteiger partial charge in [0.15, 0.2) is 17.3 Å². The van der Waals surface area contributed by atoms with E-state index in [1.54, 1.807) is 0 Å². The number of benzene rings is 6. The highest BCUT2D eigenvalue weighted by atomic mass is 79.9. The Labute approximate surface area is 415 Å². The maximum absolute atomic E-state index is 12.3. The normalized spacial score (nSPS) is 21.5. The lowest BCUT2D eigenvalue weighted by Crippen LogP contribution is -2.27. The molecule has 342 valence electrons. The Balaban J connectivity index is 0.000000147. The largest absolute Gasteiger partial charge is 0.377 e. The molecular formula is C57H57Br3O6. The summed E-state index contributed by atoms with van der Waals surface area (Å²) in [6, 6.07) is 54.0. The van der Waals surface area contributed by atoms with Crippen LogP contribution in [0.2, 0.25) is 0 Å². The minimum absolute atomic E-state index is 0.0520. The van der Waals surface area contributed by atoms with Crippen LogP contribution in [0.15, 0.2) is 177 Å². The monoisotopic (exact) mass is 1070 g/mol. The van der Waals surface area contributed by atoms with Gasteiger partial charge in [-0.25, -0.2) is 0 Å². The van der Waals surface area contributed by atoms with Crippen LogP contribution < -0.4 is 0 Å². The maximum atomic E-state index is 12.3. The number of carbonyl (C=O) groups is 3. The third-order valence-corrected chi connectivity index (χ3v) is 14.2. The summed E-state index contributed by atoms with van der Waals surface area (Å²) in [5.41, 5.74) is 6.28. The Morgan fingerprint density at radius 3 is 0.803 bits per heavy atom. The van der Waals surface area contributed by atoms with Gasteiger partial charge >= 0.3 is 0 Å². The molecule has 6 aromatic rings. The Kier molecular flexibility index (Phi) is 19.3. The van der Waals surface area contributed by atoms with Crippen LogP contribution in [-0.2, 0) is 14.2 Å². The number of Topliss-reactive ketones (excluding diaryl/α,β-unsaturated/α-hetero) is 3. The third kappa shape index (κ3) is 15.3. The topological polar surface area (TPSA) is 78.9 Å². The fourth-order valence-corrected chi connectivity index (χ4v) is 9.54. The molecule has 9 heteroatoms. The van der Waals surface area contributed by atoms with Crippen LogP contribution in [0.4, 0.5) is 0 Å². The van der Waals surface area contributed by atoms with Gasteiger partial charge in [-0.15, -0.1) is 0 Å². The van der Waals surface area contributed by atoms with Crippen molar-refractivity contribution in [1.29, 1.82) is 0 Å². The molecule has 0 amide bonds. The van der Waals surface area contributed by atoms with Gasteiger partial charge in [0.2, 0.25) is 0 Å². The molecule has 0 radical (unpaired) electrons. The van der Waals surface area contributed by atoms with E-state index in [-0.39, 0.29) is 35.7 Å². The van der Waals surface area contributed by atoms with Crippen molar-refractivity contribution in [3.63, 3.8) is 0 Å². The molecule has 3 fully saturated rings. The molecule has 0 aromatic heterocycles. The Hall–Kier alpha value is -4.35. The van der Waals surface area contributed by atoms with Crippen molar-refractivity contribution in [3.8, 4) is 0 Å². The van der Waals surface area contributed by atoms with Crippen LogP contribution in [0.1, 0.15) is 123 Å². The minimum atomic E-state index is 0.0520. The average molecular weight is 1080 g/mol. The highest BCUT2D eigenvalue weighted by molar-refractivity contribution is 9.11. The number of rotatable bonds is 12. The maximum Gasteiger partial charge on any atom is 0.165 e. The standard InChI is InChI=1S/3C19H19BrO2/c3*20-17-9-6-15(7-10-17)19(21)12-18-11-8-16(13-22-18)14-4-2-1-3-5-14/h3*1-7,9-10,16,18H,8,11-13H2/t3*16-,18+/m110/s1. The fraction of sp³-hybridized carbons (Fsp3) is 0.316. The summed E-state index contributed by atoms with van der Waals surface area (Å²) in [7, 11) is 0. The first-order valence-electron chi connectivity index (χ1n) is 23.0. The SMILES string of the molecule is O=C(C[C@@H]1CC[C@@H](c2ccccc2)CO1)c1ccc(Br)cc1.O=C(C[C@@H]1CC[C@@H](c2ccccc2)CO1)c1ccc(Br)cc1.O=C(C[C@H]1CC[C@H](c2ccccc2)CO1)c1ccc(Br)cc1. The predicted molar refractivity (Wildman–Crippen MR) is 274 cm³/mol. The first kappa shape index (κ1) is 49.6. The smallest absolute Gasteiger partial charge is 0.165 e. The average Bonchev–Trinajstić information content (AvgIpc) is 3.36. The summed E-state index contributed by atoms with van der Waals surface area (Å²) < 4.78 is 20.8. The zero-order valence-corrected chi connectivity index (χ0v) is 41.9. The lowest BCUT2D eigenvalue weighted by Gasteiger charge is -2.29. The summed E-state index contributed by atoms with van der Waals surface area (Å²) >= 11 is 10.2. The number of ether oxygens (including phenoxy) is 3. The van der Waals surface area contributed by atoms with Crippen molar-refractivity contribution >= 4 is 65.1 Å². The van der Waals surface area contributed by atoms with E-state index < -0.39 is 0 Å². The van der Waals surface area contributed by atoms with Crippen LogP contribution >= 0.6 is 47.8 Å². The van der Waals surface area contributed by atoms with Gasteiger partial charge in [-0.1, -0.05) is 175 Å². The number of halogens is 3. The molecule has 0 saturated carbocycles. The number of hydrogen-bond acceptors (Lipinski definition) is 6. The first-order chi connectivity index (χ1) is 32.2.